The summed E-state index contributed by atoms with van der Waals surface area (Å²) in [4.78, 5) is 27.8. The smallest absolute Gasteiger partial charge is 0.275 e. The SMILES string of the molecule is COCCN1C(=O)c2c(OCc3ccccc3)c(=O)ccn2CC12CCOC2. The Kier molecular flexibility index (Phi) is 5.19. The maximum Gasteiger partial charge on any atom is 0.275 e. The number of rotatable bonds is 6. The van der Waals surface area contributed by atoms with E-state index in [4.69, 9.17) is 14.2 Å². The highest BCUT2D eigenvalue weighted by atomic mass is 16.5. The van der Waals surface area contributed by atoms with E-state index in [1.54, 1.807) is 18.2 Å². The zero-order valence-electron chi connectivity index (χ0n) is 15.9. The highest BCUT2D eigenvalue weighted by molar-refractivity contribution is 5.96. The fraction of sp³-hybridized carbons (Fsp3) is 0.429. The Morgan fingerprint density at radius 3 is 2.71 bits per heavy atom. The van der Waals surface area contributed by atoms with Crippen molar-refractivity contribution in [2.75, 3.05) is 33.5 Å². The van der Waals surface area contributed by atoms with E-state index in [2.05, 4.69) is 0 Å². The quantitative estimate of drug-likeness (QED) is 0.758. The molecule has 7 nitrogen and oxygen atoms in total. The number of nitrogens with zero attached hydrogens (tertiary/aromatic N) is 2. The third kappa shape index (κ3) is 3.31. The van der Waals surface area contributed by atoms with Gasteiger partial charge >= 0.3 is 0 Å². The standard InChI is InChI=1S/C21H24N2O5/c1-26-12-10-23-20(25)18-19(28-13-16-5-3-2-4-6-16)17(24)7-9-22(18)14-21(23)8-11-27-15-21/h2-7,9H,8,10-15H2,1H3. The van der Waals surface area contributed by atoms with Gasteiger partial charge in [-0.2, -0.15) is 0 Å². The van der Waals surface area contributed by atoms with Crippen molar-refractivity contribution in [1.29, 1.82) is 0 Å². The van der Waals surface area contributed by atoms with Crippen LogP contribution in [0.2, 0.25) is 0 Å². The van der Waals surface area contributed by atoms with Crippen LogP contribution in [0, 0.1) is 0 Å². The molecule has 1 unspecified atom stereocenters. The Balaban J connectivity index is 1.70. The van der Waals surface area contributed by atoms with Gasteiger partial charge in [-0.3, -0.25) is 9.59 Å². The molecule has 2 aromatic rings. The number of hydrogen-bond acceptors (Lipinski definition) is 5. The number of hydrogen-bond donors (Lipinski definition) is 0. The number of carbonyl (C=O) groups is 1. The van der Waals surface area contributed by atoms with E-state index >= 15 is 0 Å². The van der Waals surface area contributed by atoms with Crippen molar-refractivity contribution in [2.45, 2.75) is 25.1 Å². The van der Waals surface area contributed by atoms with Gasteiger partial charge < -0.3 is 23.7 Å². The van der Waals surface area contributed by atoms with Crippen LogP contribution < -0.4 is 10.2 Å². The van der Waals surface area contributed by atoms with Gasteiger partial charge in [0.15, 0.2) is 11.4 Å². The molecule has 4 rings (SSSR count). The topological polar surface area (TPSA) is 70.0 Å². The van der Waals surface area contributed by atoms with Gasteiger partial charge in [-0.05, 0) is 12.0 Å². The van der Waals surface area contributed by atoms with Crippen LogP contribution in [0.1, 0.15) is 22.5 Å². The van der Waals surface area contributed by atoms with Gasteiger partial charge in [0.1, 0.15) is 6.61 Å². The minimum atomic E-state index is -0.408. The monoisotopic (exact) mass is 384 g/mol. The molecule has 1 aromatic heterocycles. The molecule has 2 aliphatic rings. The molecule has 148 valence electrons. The van der Waals surface area contributed by atoms with Crippen LogP contribution in [-0.2, 0) is 22.6 Å². The molecule has 1 saturated heterocycles. The van der Waals surface area contributed by atoms with Crippen molar-refractivity contribution in [1.82, 2.24) is 9.47 Å². The molecule has 0 radical (unpaired) electrons. The third-order valence-electron chi connectivity index (χ3n) is 5.44. The summed E-state index contributed by atoms with van der Waals surface area (Å²) < 4.78 is 18.5. The maximum atomic E-state index is 13.4. The molecule has 7 heteroatoms. The largest absolute Gasteiger partial charge is 0.483 e. The van der Waals surface area contributed by atoms with Crippen LogP contribution in [0.4, 0.5) is 0 Å². The first-order chi connectivity index (χ1) is 13.6. The fourth-order valence-electron chi connectivity index (χ4n) is 3.98. The van der Waals surface area contributed by atoms with Gasteiger partial charge in [-0.15, -0.1) is 0 Å². The summed E-state index contributed by atoms with van der Waals surface area (Å²) in [7, 11) is 1.61. The number of ether oxygens (including phenoxy) is 3. The van der Waals surface area contributed by atoms with Crippen LogP contribution >= 0.6 is 0 Å². The fourth-order valence-corrected chi connectivity index (χ4v) is 3.98. The van der Waals surface area contributed by atoms with Gasteiger partial charge in [-0.25, -0.2) is 0 Å². The first-order valence-electron chi connectivity index (χ1n) is 9.43. The predicted octanol–water partition coefficient (Wildman–Crippen LogP) is 1.69. The normalized spacial score (nSPS) is 21.2. The van der Waals surface area contributed by atoms with Gasteiger partial charge in [0, 0.05) is 39.1 Å². The number of fused-ring (bicyclic) bond motifs is 1. The summed E-state index contributed by atoms with van der Waals surface area (Å²) in [6.07, 6.45) is 2.44. The van der Waals surface area contributed by atoms with Gasteiger partial charge in [0.2, 0.25) is 5.43 Å². The molecule has 1 amide bonds. The predicted molar refractivity (Wildman–Crippen MR) is 103 cm³/mol. The van der Waals surface area contributed by atoms with E-state index in [0.29, 0.717) is 38.6 Å². The second kappa shape index (κ2) is 7.77. The molecule has 1 fully saturated rings. The number of pyridine rings is 1. The van der Waals surface area contributed by atoms with E-state index in [9.17, 15) is 9.59 Å². The van der Waals surface area contributed by atoms with Crippen LogP contribution in [-0.4, -0.2) is 54.4 Å². The van der Waals surface area contributed by atoms with Crippen molar-refractivity contribution in [3.05, 3.63) is 64.1 Å². The average molecular weight is 384 g/mol. The summed E-state index contributed by atoms with van der Waals surface area (Å²) in [6, 6.07) is 11.0. The third-order valence-corrected chi connectivity index (χ3v) is 5.44. The van der Waals surface area contributed by atoms with Crippen molar-refractivity contribution in [2.24, 2.45) is 0 Å². The van der Waals surface area contributed by atoms with Crippen LogP contribution in [0.3, 0.4) is 0 Å². The molecule has 28 heavy (non-hydrogen) atoms. The lowest BCUT2D eigenvalue weighted by atomic mass is 9.92. The van der Waals surface area contributed by atoms with Crippen molar-refractivity contribution >= 4 is 5.91 Å². The van der Waals surface area contributed by atoms with Crippen LogP contribution in [0.25, 0.3) is 0 Å². The Morgan fingerprint density at radius 1 is 1.18 bits per heavy atom. The summed E-state index contributed by atoms with van der Waals surface area (Å²) in [5, 5.41) is 0. The summed E-state index contributed by atoms with van der Waals surface area (Å²) in [6.45, 7) is 2.76. The Morgan fingerprint density at radius 2 is 2.00 bits per heavy atom. The molecule has 0 saturated carbocycles. The molecule has 1 atom stereocenters. The summed E-state index contributed by atoms with van der Waals surface area (Å²) in [5.74, 6) is -0.109. The van der Waals surface area contributed by atoms with Crippen LogP contribution in [0.15, 0.2) is 47.4 Å². The van der Waals surface area contributed by atoms with Crippen molar-refractivity contribution in [3.8, 4) is 5.75 Å². The second-order valence-electron chi connectivity index (χ2n) is 7.24. The number of methoxy groups -OCH3 is 1. The molecule has 3 heterocycles. The lowest BCUT2D eigenvalue weighted by Gasteiger charge is -2.45. The zero-order valence-corrected chi connectivity index (χ0v) is 15.9. The maximum absolute atomic E-state index is 13.4. The minimum Gasteiger partial charge on any atom is -0.483 e. The summed E-state index contributed by atoms with van der Waals surface area (Å²) >= 11 is 0. The lowest BCUT2D eigenvalue weighted by Crippen LogP contribution is -2.60. The van der Waals surface area contributed by atoms with Gasteiger partial charge in [-0.1, -0.05) is 30.3 Å². The highest BCUT2D eigenvalue weighted by Gasteiger charge is 2.48. The number of benzene rings is 1. The number of aromatic nitrogens is 1. The highest BCUT2D eigenvalue weighted by Crippen LogP contribution is 2.35. The summed E-state index contributed by atoms with van der Waals surface area (Å²) in [5.41, 5.74) is 0.538. The zero-order chi connectivity index (χ0) is 19.6. The van der Waals surface area contributed by atoms with Gasteiger partial charge in [0.25, 0.3) is 5.91 Å². The Bertz CT molecular complexity index is 903. The Hall–Kier alpha value is -2.64. The molecule has 1 spiro atoms. The molecule has 2 aliphatic heterocycles. The van der Waals surface area contributed by atoms with E-state index in [0.717, 1.165) is 12.0 Å². The van der Waals surface area contributed by atoms with E-state index in [1.807, 2.05) is 34.9 Å². The molecule has 0 aliphatic carbocycles. The number of amides is 1. The molecular weight excluding hydrogens is 360 g/mol. The molecular formula is C21H24N2O5. The molecule has 1 aromatic carbocycles. The van der Waals surface area contributed by atoms with E-state index in [-0.39, 0.29) is 23.7 Å². The Labute approximate surface area is 163 Å². The molecule has 0 bridgehead atoms. The second-order valence-corrected chi connectivity index (χ2v) is 7.24. The van der Waals surface area contributed by atoms with E-state index in [1.165, 1.54) is 6.07 Å². The first-order valence-corrected chi connectivity index (χ1v) is 9.43. The van der Waals surface area contributed by atoms with Crippen LogP contribution in [0.5, 0.6) is 5.75 Å². The lowest BCUT2D eigenvalue weighted by molar-refractivity contribution is 0.0138. The molecule has 0 N–H and O–H groups in total. The first kappa shape index (κ1) is 18.7. The van der Waals surface area contributed by atoms with E-state index < -0.39 is 5.54 Å². The van der Waals surface area contributed by atoms with Crippen molar-refractivity contribution in [3.63, 3.8) is 0 Å². The van der Waals surface area contributed by atoms with Crippen molar-refractivity contribution < 1.29 is 19.0 Å². The number of carbonyl (C=O) groups excluding carboxylic acids is 1. The average Bonchev–Trinajstić information content (AvgIpc) is 3.17. The van der Waals surface area contributed by atoms with Gasteiger partial charge in [0.05, 0.1) is 18.8 Å². The minimum absolute atomic E-state index is 0.104.